The predicted molar refractivity (Wildman–Crippen MR) is 62.3 cm³/mol. The van der Waals surface area contributed by atoms with Gasteiger partial charge in [-0.15, -0.1) is 0 Å². The number of likely N-dealkylation sites (tertiary alicyclic amines) is 1. The highest BCUT2D eigenvalue weighted by atomic mass is 16.4. The molecule has 1 aromatic heterocycles. The molecule has 17 heavy (non-hydrogen) atoms. The minimum Gasteiger partial charge on any atom is -0.505 e. The SMILES string of the molecule is CN1CCC(c2cc(C(=O)O)c(O)cn2)CC1. The lowest BCUT2D eigenvalue weighted by Crippen LogP contribution is -2.29. The van der Waals surface area contributed by atoms with Crippen molar-refractivity contribution >= 4 is 5.97 Å². The van der Waals surface area contributed by atoms with Gasteiger partial charge in [-0.2, -0.15) is 0 Å². The van der Waals surface area contributed by atoms with Crippen LogP contribution in [0.5, 0.6) is 5.75 Å². The van der Waals surface area contributed by atoms with Crippen molar-refractivity contribution in [1.82, 2.24) is 9.88 Å². The second-order valence-corrected chi connectivity index (χ2v) is 4.51. The van der Waals surface area contributed by atoms with E-state index < -0.39 is 5.97 Å². The number of nitrogens with zero attached hydrogens (tertiary/aromatic N) is 2. The highest BCUT2D eigenvalue weighted by molar-refractivity contribution is 5.90. The minimum atomic E-state index is -1.11. The third kappa shape index (κ3) is 2.55. The molecule has 1 aromatic rings. The number of aromatic hydroxyl groups is 1. The molecule has 0 bridgehead atoms. The fourth-order valence-corrected chi connectivity index (χ4v) is 2.16. The van der Waals surface area contributed by atoms with E-state index in [1.807, 2.05) is 0 Å². The average Bonchev–Trinajstić information content (AvgIpc) is 2.30. The summed E-state index contributed by atoms with van der Waals surface area (Å²) in [6, 6.07) is 1.49. The summed E-state index contributed by atoms with van der Waals surface area (Å²) in [5.74, 6) is -1.09. The lowest BCUT2D eigenvalue weighted by Gasteiger charge is -2.28. The molecule has 0 amide bonds. The summed E-state index contributed by atoms with van der Waals surface area (Å²) in [7, 11) is 2.07. The summed E-state index contributed by atoms with van der Waals surface area (Å²) >= 11 is 0. The monoisotopic (exact) mass is 236 g/mol. The van der Waals surface area contributed by atoms with Gasteiger partial charge in [-0.1, -0.05) is 0 Å². The summed E-state index contributed by atoms with van der Waals surface area (Å²) in [5.41, 5.74) is 0.710. The van der Waals surface area contributed by atoms with Crippen LogP contribution in [0.4, 0.5) is 0 Å². The van der Waals surface area contributed by atoms with E-state index in [0.29, 0.717) is 5.92 Å². The van der Waals surface area contributed by atoms with Gasteiger partial charge in [0, 0.05) is 11.6 Å². The van der Waals surface area contributed by atoms with E-state index in [4.69, 9.17) is 5.11 Å². The van der Waals surface area contributed by atoms with Crippen LogP contribution in [0.2, 0.25) is 0 Å². The van der Waals surface area contributed by atoms with Gasteiger partial charge in [0.05, 0.1) is 6.20 Å². The largest absolute Gasteiger partial charge is 0.505 e. The average molecular weight is 236 g/mol. The van der Waals surface area contributed by atoms with Crippen LogP contribution in [-0.2, 0) is 0 Å². The number of aromatic nitrogens is 1. The third-order valence-electron chi connectivity index (χ3n) is 3.27. The van der Waals surface area contributed by atoms with Crippen molar-refractivity contribution in [2.75, 3.05) is 20.1 Å². The Morgan fingerprint density at radius 2 is 2.12 bits per heavy atom. The van der Waals surface area contributed by atoms with Gasteiger partial charge in [-0.25, -0.2) is 4.79 Å². The van der Waals surface area contributed by atoms with Gasteiger partial charge in [0.15, 0.2) is 0 Å². The molecule has 92 valence electrons. The van der Waals surface area contributed by atoms with E-state index >= 15 is 0 Å². The Balaban J connectivity index is 2.21. The smallest absolute Gasteiger partial charge is 0.339 e. The summed E-state index contributed by atoms with van der Waals surface area (Å²) < 4.78 is 0. The maximum absolute atomic E-state index is 10.9. The highest BCUT2D eigenvalue weighted by Crippen LogP contribution is 2.28. The third-order valence-corrected chi connectivity index (χ3v) is 3.27. The Morgan fingerprint density at radius 1 is 1.47 bits per heavy atom. The lowest BCUT2D eigenvalue weighted by atomic mass is 9.92. The van der Waals surface area contributed by atoms with Crippen molar-refractivity contribution < 1.29 is 15.0 Å². The molecule has 2 heterocycles. The van der Waals surface area contributed by atoms with Gasteiger partial charge in [-0.05, 0) is 39.0 Å². The second kappa shape index (κ2) is 4.71. The predicted octanol–water partition coefficient (Wildman–Crippen LogP) is 1.29. The van der Waals surface area contributed by atoms with E-state index in [1.165, 1.54) is 12.3 Å². The molecule has 1 aliphatic rings. The molecule has 0 aliphatic carbocycles. The lowest BCUT2D eigenvalue weighted by molar-refractivity contribution is 0.0693. The van der Waals surface area contributed by atoms with E-state index in [-0.39, 0.29) is 11.3 Å². The number of rotatable bonds is 2. The van der Waals surface area contributed by atoms with Crippen molar-refractivity contribution in [3.8, 4) is 5.75 Å². The molecule has 0 radical (unpaired) electrons. The number of aromatic carboxylic acids is 1. The Morgan fingerprint density at radius 3 is 2.71 bits per heavy atom. The van der Waals surface area contributed by atoms with Gasteiger partial charge >= 0.3 is 5.97 Å². The number of hydrogen-bond acceptors (Lipinski definition) is 4. The van der Waals surface area contributed by atoms with Gasteiger partial charge in [-0.3, -0.25) is 4.98 Å². The number of carboxylic acids is 1. The zero-order chi connectivity index (χ0) is 12.4. The molecular weight excluding hydrogens is 220 g/mol. The van der Waals surface area contributed by atoms with Gasteiger partial charge in [0.1, 0.15) is 11.3 Å². The number of pyridine rings is 1. The summed E-state index contributed by atoms with van der Waals surface area (Å²) in [6.07, 6.45) is 3.19. The summed E-state index contributed by atoms with van der Waals surface area (Å²) in [4.78, 5) is 17.3. The zero-order valence-corrected chi connectivity index (χ0v) is 9.76. The van der Waals surface area contributed by atoms with Crippen LogP contribution in [0.25, 0.3) is 0 Å². The topological polar surface area (TPSA) is 73.7 Å². The zero-order valence-electron chi connectivity index (χ0n) is 9.76. The molecule has 5 nitrogen and oxygen atoms in total. The standard InChI is InChI=1S/C12H16N2O3/c1-14-4-2-8(3-5-14)10-6-9(12(16)17)11(15)7-13-10/h6-8,15H,2-5H2,1H3,(H,16,17). The maximum atomic E-state index is 10.9. The van der Waals surface area contributed by atoms with Crippen LogP contribution in [0.15, 0.2) is 12.3 Å². The number of piperidine rings is 1. The van der Waals surface area contributed by atoms with Crippen LogP contribution in [0.3, 0.4) is 0 Å². The molecule has 1 fully saturated rings. The molecule has 2 rings (SSSR count). The van der Waals surface area contributed by atoms with Crippen molar-refractivity contribution in [1.29, 1.82) is 0 Å². The Labute approximate surface area is 99.7 Å². The van der Waals surface area contributed by atoms with Crippen molar-refractivity contribution in [2.45, 2.75) is 18.8 Å². The fraction of sp³-hybridized carbons (Fsp3) is 0.500. The Kier molecular flexibility index (Phi) is 3.28. The minimum absolute atomic E-state index is 0.0612. The molecule has 0 aromatic carbocycles. The second-order valence-electron chi connectivity index (χ2n) is 4.51. The first-order valence-corrected chi connectivity index (χ1v) is 5.68. The first-order valence-electron chi connectivity index (χ1n) is 5.68. The highest BCUT2D eigenvalue weighted by Gasteiger charge is 2.21. The Hall–Kier alpha value is -1.62. The van der Waals surface area contributed by atoms with Crippen molar-refractivity contribution in [2.24, 2.45) is 0 Å². The van der Waals surface area contributed by atoms with E-state index in [0.717, 1.165) is 31.6 Å². The number of carbonyl (C=O) groups is 1. The molecule has 5 heteroatoms. The van der Waals surface area contributed by atoms with Gasteiger partial charge < -0.3 is 15.1 Å². The molecule has 0 saturated carbocycles. The first-order chi connectivity index (χ1) is 8.08. The Bertz CT molecular complexity index is 426. The molecule has 0 atom stereocenters. The van der Waals surface area contributed by atoms with E-state index in [9.17, 15) is 9.90 Å². The van der Waals surface area contributed by atoms with Crippen molar-refractivity contribution in [3.63, 3.8) is 0 Å². The summed E-state index contributed by atoms with van der Waals surface area (Å²) in [5, 5.41) is 18.3. The normalized spacial score (nSPS) is 18.2. The molecule has 0 unspecified atom stereocenters. The van der Waals surface area contributed by atoms with Crippen LogP contribution in [0, 0.1) is 0 Å². The van der Waals surface area contributed by atoms with Gasteiger partial charge in [0.2, 0.25) is 0 Å². The maximum Gasteiger partial charge on any atom is 0.339 e. The van der Waals surface area contributed by atoms with Crippen LogP contribution < -0.4 is 0 Å². The van der Waals surface area contributed by atoms with E-state index in [2.05, 4.69) is 16.9 Å². The van der Waals surface area contributed by atoms with Crippen LogP contribution in [-0.4, -0.2) is 46.2 Å². The molecule has 2 N–H and O–H groups in total. The van der Waals surface area contributed by atoms with E-state index in [1.54, 1.807) is 0 Å². The van der Waals surface area contributed by atoms with Crippen molar-refractivity contribution in [3.05, 3.63) is 23.5 Å². The molecule has 0 spiro atoms. The number of carboxylic acid groups (broad SMARTS) is 1. The first kappa shape index (κ1) is 11.9. The van der Waals surface area contributed by atoms with Crippen LogP contribution >= 0.6 is 0 Å². The molecular formula is C12H16N2O3. The van der Waals surface area contributed by atoms with Gasteiger partial charge in [0.25, 0.3) is 0 Å². The molecule has 1 aliphatic heterocycles. The number of hydrogen-bond donors (Lipinski definition) is 2. The fourth-order valence-electron chi connectivity index (χ4n) is 2.16. The summed E-state index contributed by atoms with van der Waals surface area (Å²) in [6.45, 7) is 1.99. The molecule has 1 saturated heterocycles. The quantitative estimate of drug-likeness (QED) is 0.809. The van der Waals surface area contributed by atoms with Crippen LogP contribution in [0.1, 0.15) is 34.8 Å².